The molecule has 1 amide bonds. The number of rotatable bonds is 6. The van der Waals surface area contributed by atoms with E-state index in [-0.39, 0.29) is 23.8 Å². The highest BCUT2D eigenvalue weighted by atomic mass is 16.4. The van der Waals surface area contributed by atoms with Crippen molar-refractivity contribution >= 4 is 11.9 Å². The van der Waals surface area contributed by atoms with Crippen LogP contribution in [0.4, 0.5) is 0 Å². The first-order chi connectivity index (χ1) is 11.9. The van der Waals surface area contributed by atoms with Crippen molar-refractivity contribution in [3.63, 3.8) is 0 Å². The minimum Gasteiger partial charge on any atom is -0.481 e. The molecule has 2 aliphatic rings. The molecular weight excluding hydrogens is 314 g/mol. The number of benzene rings is 1. The first-order valence-corrected chi connectivity index (χ1v) is 9.23. The Morgan fingerprint density at radius 1 is 1.08 bits per heavy atom. The van der Waals surface area contributed by atoms with Gasteiger partial charge in [0, 0.05) is 0 Å². The van der Waals surface area contributed by atoms with E-state index in [0.717, 1.165) is 18.4 Å². The Morgan fingerprint density at radius 3 is 2.20 bits per heavy atom. The number of amides is 1. The highest BCUT2D eigenvalue weighted by Crippen LogP contribution is 2.48. The van der Waals surface area contributed by atoms with E-state index < -0.39 is 17.8 Å². The van der Waals surface area contributed by atoms with Gasteiger partial charge in [-0.25, -0.2) is 0 Å². The van der Waals surface area contributed by atoms with Crippen molar-refractivity contribution in [2.45, 2.75) is 45.6 Å². The fourth-order valence-electron chi connectivity index (χ4n) is 4.26. The quantitative estimate of drug-likeness (QED) is 0.771. The van der Waals surface area contributed by atoms with Crippen molar-refractivity contribution in [2.75, 3.05) is 0 Å². The SMILES string of the molecule is CCC(C)c1ccc(C(C)NC(=O)C2C3C=CC(C3)C2C(=O)O)cc1. The lowest BCUT2D eigenvalue weighted by Gasteiger charge is -2.26. The highest BCUT2D eigenvalue weighted by molar-refractivity contribution is 5.87. The van der Waals surface area contributed by atoms with Gasteiger partial charge < -0.3 is 10.4 Å². The van der Waals surface area contributed by atoms with Crippen molar-refractivity contribution < 1.29 is 14.7 Å². The van der Waals surface area contributed by atoms with E-state index in [9.17, 15) is 14.7 Å². The summed E-state index contributed by atoms with van der Waals surface area (Å²) in [5, 5.41) is 12.5. The zero-order chi connectivity index (χ0) is 18.1. The molecule has 0 spiro atoms. The third kappa shape index (κ3) is 3.35. The van der Waals surface area contributed by atoms with Gasteiger partial charge in [0.15, 0.2) is 0 Å². The first kappa shape index (κ1) is 17.7. The molecule has 0 radical (unpaired) electrons. The summed E-state index contributed by atoms with van der Waals surface area (Å²) in [5.41, 5.74) is 2.35. The van der Waals surface area contributed by atoms with E-state index in [2.05, 4.69) is 43.4 Å². The van der Waals surface area contributed by atoms with E-state index >= 15 is 0 Å². The number of hydrogen-bond acceptors (Lipinski definition) is 2. The Balaban J connectivity index is 1.68. The number of carbonyl (C=O) groups is 2. The molecule has 0 aromatic heterocycles. The molecule has 4 heteroatoms. The van der Waals surface area contributed by atoms with E-state index in [4.69, 9.17) is 0 Å². The number of nitrogens with one attached hydrogen (secondary N) is 1. The summed E-state index contributed by atoms with van der Waals surface area (Å²) in [4.78, 5) is 24.3. The average Bonchev–Trinajstić information content (AvgIpc) is 3.22. The maximum absolute atomic E-state index is 12.7. The number of hydrogen-bond donors (Lipinski definition) is 2. The zero-order valence-corrected chi connectivity index (χ0v) is 15.1. The first-order valence-electron chi connectivity index (χ1n) is 9.23. The molecule has 134 valence electrons. The van der Waals surface area contributed by atoms with Gasteiger partial charge in [0.1, 0.15) is 0 Å². The second-order valence-electron chi connectivity index (χ2n) is 7.54. The number of allylic oxidation sites excluding steroid dienone is 2. The van der Waals surface area contributed by atoms with Gasteiger partial charge in [-0.2, -0.15) is 0 Å². The lowest BCUT2D eigenvalue weighted by Crippen LogP contribution is -2.41. The molecule has 1 aromatic rings. The molecule has 3 rings (SSSR count). The lowest BCUT2D eigenvalue weighted by atomic mass is 9.82. The highest BCUT2D eigenvalue weighted by Gasteiger charge is 2.51. The predicted molar refractivity (Wildman–Crippen MR) is 97.1 cm³/mol. The number of aliphatic carboxylic acids is 1. The minimum atomic E-state index is -0.859. The van der Waals surface area contributed by atoms with Crippen LogP contribution in [0.2, 0.25) is 0 Å². The zero-order valence-electron chi connectivity index (χ0n) is 15.1. The third-order valence-electron chi connectivity index (χ3n) is 6.02. The van der Waals surface area contributed by atoms with Crippen LogP contribution in [0.1, 0.15) is 56.7 Å². The Labute approximate surface area is 149 Å². The number of carboxylic acid groups (broad SMARTS) is 1. The second-order valence-corrected chi connectivity index (χ2v) is 7.54. The van der Waals surface area contributed by atoms with Crippen molar-refractivity contribution in [1.82, 2.24) is 5.32 Å². The molecular formula is C21H27NO3. The van der Waals surface area contributed by atoms with Gasteiger partial charge in [-0.1, -0.05) is 50.3 Å². The maximum atomic E-state index is 12.7. The topological polar surface area (TPSA) is 66.4 Å². The van der Waals surface area contributed by atoms with Gasteiger partial charge >= 0.3 is 5.97 Å². The van der Waals surface area contributed by atoms with Crippen LogP contribution in [-0.2, 0) is 9.59 Å². The van der Waals surface area contributed by atoms with Crippen molar-refractivity contribution in [2.24, 2.45) is 23.7 Å². The summed E-state index contributed by atoms with van der Waals surface area (Å²) in [6.07, 6.45) is 5.86. The van der Waals surface area contributed by atoms with Gasteiger partial charge in [-0.3, -0.25) is 9.59 Å². The molecule has 1 saturated carbocycles. The van der Waals surface area contributed by atoms with Gasteiger partial charge in [-0.05, 0) is 48.6 Å². The molecule has 25 heavy (non-hydrogen) atoms. The minimum absolute atomic E-state index is 0.00312. The van der Waals surface area contributed by atoms with E-state index in [0.29, 0.717) is 5.92 Å². The van der Waals surface area contributed by atoms with Crippen molar-refractivity contribution in [3.05, 3.63) is 47.5 Å². The standard InChI is InChI=1S/C21H27NO3/c1-4-12(2)14-5-7-15(8-6-14)13(3)22-20(23)18-16-9-10-17(11-16)19(18)21(24)25/h5-10,12-13,16-19H,4,11H2,1-3H3,(H,22,23)(H,24,25). The Kier molecular flexibility index (Phi) is 4.98. The van der Waals surface area contributed by atoms with Crippen LogP contribution >= 0.6 is 0 Å². The molecule has 2 aliphatic carbocycles. The summed E-state index contributed by atoms with van der Waals surface area (Å²) >= 11 is 0. The lowest BCUT2D eigenvalue weighted by molar-refractivity contribution is -0.148. The molecule has 6 unspecified atom stereocenters. The fraction of sp³-hybridized carbons (Fsp3) is 0.524. The van der Waals surface area contributed by atoms with Crippen LogP contribution in [0, 0.1) is 23.7 Å². The average molecular weight is 341 g/mol. The van der Waals surface area contributed by atoms with Crippen LogP contribution in [0.15, 0.2) is 36.4 Å². The van der Waals surface area contributed by atoms with Gasteiger partial charge in [0.05, 0.1) is 17.9 Å². The Hall–Kier alpha value is -2.10. The smallest absolute Gasteiger partial charge is 0.307 e. The van der Waals surface area contributed by atoms with Crippen molar-refractivity contribution in [1.29, 1.82) is 0 Å². The molecule has 6 atom stereocenters. The summed E-state index contributed by atoms with van der Waals surface area (Å²) < 4.78 is 0. The van der Waals surface area contributed by atoms with Crippen LogP contribution in [-0.4, -0.2) is 17.0 Å². The van der Waals surface area contributed by atoms with Crippen LogP contribution in [0.5, 0.6) is 0 Å². The van der Waals surface area contributed by atoms with Gasteiger partial charge in [0.25, 0.3) is 0 Å². The monoisotopic (exact) mass is 341 g/mol. The second kappa shape index (κ2) is 7.03. The molecule has 4 nitrogen and oxygen atoms in total. The molecule has 0 aliphatic heterocycles. The van der Waals surface area contributed by atoms with Crippen LogP contribution in [0.3, 0.4) is 0 Å². The Bertz CT molecular complexity index is 679. The van der Waals surface area contributed by atoms with Crippen LogP contribution < -0.4 is 5.32 Å². The molecule has 0 saturated heterocycles. The fourth-order valence-corrected chi connectivity index (χ4v) is 4.26. The van der Waals surface area contributed by atoms with Crippen LogP contribution in [0.25, 0.3) is 0 Å². The van der Waals surface area contributed by atoms with Gasteiger partial charge in [0.2, 0.25) is 5.91 Å². The summed E-state index contributed by atoms with van der Waals surface area (Å²) in [5.74, 6) is -1.44. The van der Waals surface area contributed by atoms with E-state index in [1.807, 2.05) is 19.1 Å². The molecule has 1 aromatic carbocycles. The van der Waals surface area contributed by atoms with E-state index in [1.54, 1.807) is 0 Å². The van der Waals surface area contributed by atoms with Gasteiger partial charge in [-0.15, -0.1) is 0 Å². The summed E-state index contributed by atoms with van der Waals surface area (Å²) in [6, 6.07) is 8.22. The Morgan fingerprint density at radius 2 is 1.64 bits per heavy atom. The largest absolute Gasteiger partial charge is 0.481 e. The number of carbonyl (C=O) groups excluding carboxylic acids is 1. The molecule has 0 heterocycles. The molecule has 1 fully saturated rings. The van der Waals surface area contributed by atoms with Crippen molar-refractivity contribution in [3.8, 4) is 0 Å². The third-order valence-corrected chi connectivity index (χ3v) is 6.02. The predicted octanol–water partition coefficient (Wildman–Crippen LogP) is 3.90. The molecule has 2 bridgehead atoms. The molecule has 2 N–H and O–H groups in total. The maximum Gasteiger partial charge on any atom is 0.307 e. The normalized spacial score (nSPS) is 29.4. The summed E-state index contributed by atoms with van der Waals surface area (Å²) in [6.45, 7) is 6.33. The number of carboxylic acids is 1. The van der Waals surface area contributed by atoms with E-state index in [1.165, 1.54) is 5.56 Å². The summed E-state index contributed by atoms with van der Waals surface area (Å²) in [7, 11) is 0. The number of fused-ring (bicyclic) bond motifs is 2.